The Morgan fingerprint density at radius 1 is 0.904 bits per heavy atom. The van der Waals surface area contributed by atoms with Crippen LogP contribution in [0.25, 0.3) is 31.3 Å². The molecule has 0 saturated carbocycles. The summed E-state index contributed by atoms with van der Waals surface area (Å²) >= 11 is 7.89. The van der Waals surface area contributed by atoms with Crippen molar-refractivity contribution in [1.82, 2.24) is 0 Å². The zero-order chi connectivity index (χ0) is 40.2. The molecule has 0 aromatic carbocycles. The Morgan fingerprint density at radius 3 is 1.54 bits per heavy atom. The van der Waals surface area contributed by atoms with Gasteiger partial charge < -0.3 is 49.2 Å². The van der Waals surface area contributed by atoms with E-state index in [1.54, 1.807) is 18.8 Å². The molecule has 21 nitrogen and oxygen atoms in total. The predicted molar refractivity (Wildman–Crippen MR) is 190 cm³/mol. The molecule has 3 heterocycles. The van der Waals surface area contributed by atoms with Crippen molar-refractivity contribution in [3.8, 4) is 0 Å². The zero-order valence-corrected chi connectivity index (χ0v) is 35.3. The van der Waals surface area contributed by atoms with Gasteiger partial charge in [0, 0.05) is 74.7 Å². The predicted octanol–water partition coefficient (Wildman–Crippen LogP) is 2.20. The van der Waals surface area contributed by atoms with Crippen molar-refractivity contribution < 1.29 is 88.4 Å². The fraction of sp³-hybridized carbons (Fsp3) is 0.929. The molecule has 3 saturated heterocycles. The third kappa shape index (κ3) is 36.5. The molecule has 0 radical (unpaired) electrons. The van der Waals surface area contributed by atoms with Crippen molar-refractivity contribution in [2.75, 3.05) is 97.7 Å². The van der Waals surface area contributed by atoms with E-state index in [2.05, 4.69) is 50.2 Å². The average Bonchev–Trinajstić information content (AvgIpc) is 3.72. The number of azide groups is 2. The first-order valence-corrected chi connectivity index (χ1v) is 16.9. The molecule has 3 aliphatic heterocycles. The van der Waals surface area contributed by atoms with E-state index in [1.165, 1.54) is 12.8 Å². The summed E-state index contributed by atoms with van der Waals surface area (Å²) in [5, 5.41) is 50.4. The van der Waals surface area contributed by atoms with E-state index in [0.717, 1.165) is 26.4 Å². The Kier molecular flexibility index (Phi) is 42.8. The zero-order valence-electron chi connectivity index (χ0n) is 30.9. The molecule has 0 unspecified atom stereocenters. The van der Waals surface area contributed by atoms with Gasteiger partial charge in [-0.1, -0.05) is 53.9 Å². The molecule has 24 heteroatoms. The smallest absolute Gasteiger partial charge is 0.454 e. The van der Waals surface area contributed by atoms with Gasteiger partial charge >= 0.3 is 41.1 Å². The summed E-state index contributed by atoms with van der Waals surface area (Å²) in [6, 6.07) is 0. The third-order valence-electron chi connectivity index (χ3n) is 6.33. The first-order valence-electron chi connectivity index (χ1n) is 15.4. The Bertz CT molecular complexity index is 1010. The van der Waals surface area contributed by atoms with Crippen LogP contribution in [0.15, 0.2) is 10.2 Å². The summed E-state index contributed by atoms with van der Waals surface area (Å²) in [6.07, 6.45) is 1.90. The molecule has 0 aromatic rings. The van der Waals surface area contributed by atoms with Crippen molar-refractivity contribution in [2.24, 2.45) is 31.9 Å². The van der Waals surface area contributed by atoms with Gasteiger partial charge in [0.1, 0.15) is 13.2 Å². The van der Waals surface area contributed by atoms with Crippen molar-refractivity contribution >= 4 is 39.1 Å². The molecular formula is C28H55BrClN9NaO12+. The maximum atomic E-state index is 10.5. The van der Waals surface area contributed by atoms with Gasteiger partial charge in [-0.15, -0.1) is 5.53 Å². The van der Waals surface area contributed by atoms with E-state index in [1.807, 2.05) is 20.8 Å². The topological polar surface area (TPSA) is 339 Å². The number of rotatable bonds is 11. The minimum atomic E-state index is -0.738. The van der Waals surface area contributed by atoms with Crippen molar-refractivity contribution in [3.63, 3.8) is 0 Å². The van der Waals surface area contributed by atoms with Crippen LogP contribution >= 0.6 is 27.5 Å². The van der Waals surface area contributed by atoms with Crippen LogP contribution in [0.5, 0.6) is 0 Å². The Balaban J connectivity index is -0.000000170. The fourth-order valence-electron chi connectivity index (χ4n) is 2.50. The largest absolute Gasteiger partial charge is 1.00 e. The normalized spacial score (nSPS) is 15.5. The quantitative estimate of drug-likeness (QED) is 0.0332. The summed E-state index contributed by atoms with van der Waals surface area (Å²) in [5.41, 5.74) is 26.2. The third-order valence-corrected chi connectivity index (χ3v) is 7.79. The minimum Gasteiger partial charge on any atom is -0.454 e. The molecule has 52 heavy (non-hydrogen) atoms. The van der Waals surface area contributed by atoms with E-state index in [9.17, 15) is 9.59 Å². The summed E-state index contributed by atoms with van der Waals surface area (Å²) in [5.74, 6) is 0. The SMILES string of the molecule is C1CCOC1.CC(CO)(CO)CBr.CC(CO)(CO)CN=[N+]=[N-].CC1(CN=[N+]=[N-])COC(=O)OC1.CC1(CO)COC1.CCOC(=O)Cl.[N-]=[N+]=N.[Na+]. The molecule has 0 aliphatic carbocycles. The minimum absolute atomic E-state index is 0. The molecule has 3 aliphatic rings. The second-order valence-electron chi connectivity index (χ2n) is 12.4. The second kappa shape index (κ2) is 37.5. The molecule has 3 fully saturated rings. The number of halogens is 2. The van der Waals surface area contributed by atoms with Crippen LogP contribution in [0.4, 0.5) is 9.59 Å². The monoisotopic (exact) mass is 846 g/mol. The maximum Gasteiger partial charge on any atom is 1.00 e. The van der Waals surface area contributed by atoms with Gasteiger partial charge in [0.25, 0.3) is 0 Å². The second-order valence-corrected chi connectivity index (χ2v) is 13.2. The number of hydrogen-bond acceptors (Lipinski definition) is 15. The number of aliphatic hydroxyl groups is 5. The summed E-state index contributed by atoms with van der Waals surface area (Å²) in [7, 11) is 0. The summed E-state index contributed by atoms with van der Waals surface area (Å²) < 4.78 is 23.3. The molecule has 3 rings (SSSR count). The number of hydrogen-bond donors (Lipinski definition) is 6. The van der Waals surface area contributed by atoms with E-state index in [4.69, 9.17) is 68.7 Å². The number of alkyl halides is 1. The van der Waals surface area contributed by atoms with Crippen molar-refractivity contribution in [2.45, 2.75) is 47.5 Å². The van der Waals surface area contributed by atoms with Crippen molar-refractivity contribution in [1.29, 1.82) is 5.53 Å². The van der Waals surface area contributed by atoms with Crippen LogP contribution in [0.3, 0.4) is 0 Å². The van der Waals surface area contributed by atoms with Crippen LogP contribution in [-0.4, -0.2) is 135 Å². The standard InChI is InChI=1S/C6H9N3O3.C5H11BrO2.C5H11N3O2.C5H10O2.C4H8O.C3H5ClO2.HN3.Na/c1-6(2-8-9-7)3-11-5(10)12-4-6;1-5(2-6,3-7)4-8;1-5(3-9,4-10)2-7-8-6;1-5(2-6)3-7-4-5;1-2-4-5-3-1;1-2-6-3(4)5;1-3-2;/h2-4H2,1H3;7-8H,2-4H2,1H3;9-10H,2-4H2,1H3;6H,2-4H2,1H3;1-4H2;2H2,1H3;1H;/q;;;;;;;+1. The number of ether oxygens (including phenoxy) is 5. The number of nitrogens with one attached hydrogen (secondary N) is 1. The number of carbonyl (C=O) groups excluding carboxylic acids is 2. The Labute approximate surface area is 339 Å². The molecule has 0 bridgehead atoms. The molecule has 0 amide bonds. The van der Waals surface area contributed by atoms with Gasteiger partial charge in [-0.05, 0) is 41.3 Å². The first kappa shape index (κ1) is 59.4. The van der Waals surface area contributed by atoms with Gasteiger partial charge in [-0.25, -0.2) is 9.59 Å². The number of nitrogens with zero attached hydrogens (tertiary/aromatic N) is 8. The van der Waals surface area contributed by atoms with Crippen LogP contribution in [0.1, 0.15) is 47.5 Å². The van der Waals surface area contributed by atoms with Crippen LogP contribution < -0.4 is 29.6 Å². The number of aliphatic hydroxyl groups excluding tert-OH is 5. The van der Waals surface area contributed by atoms with Gasteiger partial charge in [-0.2, -0.15) is 0 Å². The molecule has 0 aromatic heterocycles. The molecule has 6 N–H and O–H groups in total. The van der Waals surface area contributed by atoms with Crippen molar-refractivity contribution in [3.05, 3.63) is 31.3 Å². The fourth-order valence-corrected chi connectivity index (χ4v) is 2.96. The van der Waals surface area contributed by atoms with Crippen LogP contribution in [-0.2, 0) is 23.7 Å². The number of carbonyl (C=O) groups is 2. The molecule has 0 atom stereocenters. The average molecular weight is 848 g/mol. The maximum absolute atomic E-state index is 10.5. The summed E-state index contributed by atoms with van der Waals surface area (Å²) in [6.45, 7) is 13.6. The number of cyclic esters (lactones) is 2. The van der Waals surface area contributed by atoms with Gasteiger partial charge in [0.2, 0.25) is 0 Å². The van der Waals surface area contributed by atoms with E-state index < -0.39 is 17.0 Å². The molecular weight excluding hydrogens is 793 g/mol. The van der Waals surface area contributed by atoms with E-state index in [0.29, 0.717) is 11.9 Å². The Hall–Kier alpha value is -1.84. The van der Waals surface area contributed by atoms with Gasteiger partial charge in [0.05, 0.1) is 52.9 Å². The van der Waals surface area contributed by atoms with Gasteiger partial charge in [-0.3, -0.25) is 0 Å². The summed E-state index contributed by atoms with van der Waals surface area (Å²) in [4.78, 5) is 27.0. The van der Waals surface area contributed by atoms with E-state index in [-0.39, 0.29) is 105 Å². The van der Waals surface area contributed by atoms with Crippen LogP contribution in [0.2, 0.25) is 0 Å². The van der Waals surface area contributed by atoms with Gasteiger partial charge in [0.15, 0.2) is 0 Å². The Morgan fingerprint density at radius 2 is 1.35 bits per heavy atom. The molecule has 298 valence electrons. The molecule has 0 spiro atoms. The van der Waals surface area contributed by atoms with Crippen LogP contribution in [0, 0.1) is 27.2 Å². The van der Waals surface area contributed by atoms with E-state index >= 15 is 0 Å². The first-order chi connectivity index (χ1) is 24.0.